The van der Waals surface area contributed by atoms with Crippen LogP contribution in [0.4, 0.5) is 0 Å². The van der Waals surface area contributed by atoms with Crippen molar-refractivity contribution >= 4 is 21.7 Å². The fourth-order valence-corrected chi connectivity index (χ4v) is 1.74. The molecule has 0 unspecified atom stereocenters. The molecule has 3 heteroatoms. The first-order valence-corrected chi connectivity index (χ1v) is 5.68. The summed E-state index contributed by atoms with van der Waals surface area (Å²) < 4.78 is 6.28. The molecule has 0 saturated carbocycles. The fourth-order valence-electron chi connectivity index (χ4n) is 1.48. The molecule has 1 aromatic carbocycles. The molecule has 2 nitrogen and oxygen atoms in total. The van der Waals surface area contributed by atoms with Gasteiger partial charge in [0.05, 0.1) is 12.4 Å². The van der Waals surface area contributed by atoms with Crippen LogP contribution in [0.5, 0.6) is 0 Å². The van der Waals surface area contributed by atoms with E-state index in [-0.39, 0.29) is 5.78 Å². The maximum absolute atomic E-state index is 11.7. The number of carbonyl (C=O) groups excluding carboxylic acids is 1. The van der Waals surface area contributed by atoms with Crippen molar-refractivity contribution in [2.45, 2.75) is 12.8 Å². The molecule has 78 valence electrons. The Bertz CT molecular complexity index is 385. The van der Waals surface area contributed by atoms with Gasteiger partial charge in [0.2, 0.25) is 0 Å². The van der Waals surface area contributed by atoms with Crippen LogP contribution in [0.25, 0.3) is 0 Å². The molecular formula is C12H11BrO2. The predicted molar refractivity (Wildman–Crippen MR) is 61.7 cm³/mol. The van der Waals surface area contributed by atoms with E-state index in [1.165, 1.54) is 0 Å². The fraction of sp³-hybridized carbons (Fsp3) is 0.250. The van der Waals surface area contributed by atoms with Crippen LogP contribution in [0.1, 0.15) is 23.2 Å². The van der Waals surface area contributed by atoms with Crippen molar-refractivity contribution in [1.82, 2.24) is 0 Å². The van der Waals surface area contributed by atoms with Crippen molar-refractivity contribution in [2.24, 2.45) is 0 Å². The van der Waals surface area contributed by atoms with Gasteiger partial charge < -0.3 is 4.74 Å². The minimum absolute atomic E-state index is 0.0133. The Labute approximate surface area is 97.1 Å². The van der Waals surface area contributed by atoms with Gasteiger partial charge in [-0.3, -0.25) is 4.79 Å². The van der Waals surface area contributed by atoms with Crippen LogP contribution in [0.3, 0.4) is 0 Å². The number of hydrogen-bond donors (Lipinski definition) is 0. The Balaban J connectivity index is 2.14. The summed E-state index contributed by atoms with van der Waals surface area (Å²) in [5.74, 6) is 0.822. The van der Waals surface area contributed by atoms with Crippen molar-refractivity contribution in [3.05, 3.63) is 46.1 Å². The first kappa shape index (κ1) is 10.4. The van der Waals surface area contributed by atoms with E-state index in [4.69, 9.17) is 4.74 Å². The van der Waals surface area contributed by atoms with Crippen LogP contribution >= 0.6 is 15.9 Å². The average Bonchev–Trinajstić information content (AvgIpc) is 2.71. The number of carbonyl (C=O) groups is 1. The average molecular weight is 267 g/mol. The second-order valence-corrected chi connectivity index (χ2v) is 4.35. The lowest BCUT2D eigenvalue weighted by atomic mass is 10.1. The van der Waals surface area contributed by atoms with Crippen molar-refractivity contribution in [1.29, 1.82) is 0 Å². The molecule has 0 atom stereocenters. The van der Waals surface area contributed by atoms with Crippen LogP contribution in [0.15, 0.2) is 40.6 Å². The van der Waals surface area contributed by atoms with Gasteiger partial charge in [0, 0.05) is 22.5 Å². The van der Waals surface area contributed by atoms with Crippen LogP contribution in [0.2, 0.25) is 0 Å². The number of halogens is 1. The van der Waals surface area contributed by atoms with E-state index < -0.39 is 0 Å². The van der Waals surface area contributed by atoms with E-state index in [9.17, 15) is 4.79 Å². The van der Waals surface area contributed by atoms with E-state index >= 15 is 0 Å². The summed E-state index contributed by atoms with van der Waals surface area (Å²) in [5.41, 5.74) is 0.696. The SMILES string of the molecule is O=C(/C=C1/CCCO1)c1ccc(Br)cc1. The smallest absolute Gasteiger partial charge is 0.189 e. The second kappa shape index (κ2) is 4.62. The molecule has 0 N–H and O–H groups in total. The van der Waals surface area contributed by atoms with Crippen molar-refractivity contribution < 1.29 is 9.53 Å². The highest BCUT2D eigenvalue weighted by atomic mass is 79.9. The quantitative estimate of drug-likeness (QED) is 0.607. The number of ether oxygens (including phenoxy) is 1. The molecule has 1 saturated heterocycles. The second-order valence-electron chi connectivity index (χ2n) is 3.43. The highest BCUT2D eigenvalue weighted by Crippen LogP contribution is 2.17. The third-order valence-electron chi connectivity index (χ3n) is 2.28. The number of hydrogen-bond acceptors (Lipinski definition) is 2. The zero-order valence-electron chi connectivity index (χ0n) is 8.20. The third kappa shape index (κ3) is 2.69. The molecule has 1 aliphatic rings. The van der Waals surface area contributed by atoms with Gasteiger partial charge in [-0.1, -0.05) is 15.9 Å². The summed E-state index contributed by atoms with van der Waals surface area (Å²) in [4.78, 5) is 11.7. The molecule has 0 aromatic heterocycles. The molecule has 15 heavy (non-hydrogen) atoms. The van der Waals surface area contributed by atoms with Crippen molar-refractivity contribution in [3.63, 3.8) is 0 Å². The minimum Gasteiger partial charge on any atom is -0.498 e. The Morgan fingerprint density at radius 3 is 2.67 bits per heavy atom. The maximum atomic E-state index is 11.7. The van der Waals surface area contributed by atoms with E-state index in [1.54, 1.807) is 18.2 Å². The van der Waals surface area contributed by atoms with Gasteiger partial charge in [0.25, 0.3) is 0 Å². The van der Waals surface area contributed by atoms with E-state index in [2.05, 4.69) is 15.9 Å². The van der Waals surface area contributed by atoms with E-state index in [0.717, 1.165) is 29.7 Å². The first-order valence-electron chi connectivity index (χ1n) is 4.89. The Morgan fingerprint density at radius 2 is 2.07 bits per heavy atom. The Hall–Kier alpha value is -1.09. The summed E-state index contributed by atoms with van der Waals surface area (Å²) in [6, 6.07) is 7.33. The van der Waals surface area contributed by atoms with E-state index in [0.29, 0.717) is 5.56 Å². The van der Waals surface area contributed by atoms with Gasteiger partial charge in [-0.15, -0.1) is 0 Å². The molecule has 1 heterocycles. The Morgan fingerprint density at radius 1 is 1.33 bits per heavy atom. The topological polar surface area (TPSA) is 26.3 Å². The lowest BCUT2D eigenvalue weighted by Crippen LogP contribution is -1.95. The minimum atomic E-state index is 0.0133. The molecule has 2 rings (SSSR count). The molecule has 0 radical (unpaired) electrons. The third-order valence-corrected chi connectivity index (χ3v) is 2.80. The summed E-state index contributed by atoms with van der Waals surface area (Å²) in [6.45, 7) is 0.736. The van der Waals surface area contributed by atoms with Crippen LogP contribution in [-0.2, 0) is 4.74 Å². The van der Waals surface area contributed by atoms with Crippen LogP contribution < -0.4 is 0 Å². The Kier molecular flexibility index (Phi) is 3.21. The van der Waals surface area contributed by atoms with Gasteiger partial charge in [-0.2, -0.15) is 0 Å². The van der Waals surface area contributed by atoms with E-state index in [1.807, 2.05) is 12.1 Å². The molecule has 0 amide bonds. The zero-order valence-corrected chi connectivity index (χ0v) is 9.79. The molecule has 0 bridgehead atoms. The molecular weight excluding hydrogens is 256 g/mol. The standard InChI is InChI=1S/C12H11BrO2/c13-10-5-3-9(4-6-10)12(14)8-11-2-1-7-15-11/h3-6,8H,1-2,7H2/b11-8-. The summed E-state index contributed by atoms with van der Waals surface area (Å²) >= 11 is 3.33. The molecule has 1 fully saturated rings. The highest BCUT2D eigenvalue weighted by Gasteiger charge is 2.10. The maximum Gasteiger partial charge on any atom is 0.189 e. The van der Waals surface area contributed by atoms with Crippen molar-refractivity contribution in [2.75, 3.05) is 6.61 Å². The molecule has 1 aromatic rings. The van der Waals surface area contributed by atoms with Gasteiger partial charge >= 0.3 is 0 Å². The first-order chi connectivity index (χ1) is 7.25. The largest absolute Gasteiger partial charge is 0.498 e. The van der Waals surface area contributed by atoms with Crippen LogP contribution in [0, 0.1) is 0 Å². The van der Waals surface area contributed by atoms with Gasteiger partial charge in [-0.05, 0) is 30.7 Å². The highest BCUT2D eigenvalue weighted by molar-refractivity contribution is 9.10. The number of allylic oxidation sites excluding steroid dienone is 2. The van der Waals surface area contributed by atoms with Crippen LogP contribution in [-0.4, -0.2) is 12.4 Å². The molecule has 0 spiro atoms. The number of benzene rings is 1. The monoisotopic (exact) mass is 266 g/mol. The normalized spacial score (nSPS) is 17.8. The lowest BCUT2D eigenvalue weighted by Gasteiger charge is -1.98. The predicted octanol–water partition coefficient (Wildman–Crippen LogP) is 3.33. The van der Waals surface area contributed by atoms with Gasteiger partial charge in [0.1, 0.15) is 0 Å². The summed E-state index contributed by atoms with van der Waals surface area (Å²) in [7, 11) is 0. The summed E-state index contributed by atoms with van der Waals surface area (Å²) in [5, 5.41) is 0. The van der Waals surface area contributed by atoms with Gasteiger partial charge in [-0.25, -0.2) is 0 Å². The van der Waals surface area contributed by atoms with Gasteiger partial charge in [0.15, 0.2) is 5.78 Å². The molecule has 0 aliphatic carbocycles. The summed E-state index contributed by atoms with van der Waals surface area (Å²) in [6.07, 6.45) is 3.48. The number of ketones is 1. The zero-order chi connectivity index (χ0) is 10.7. The van der Waals surface area contributed by atoms with Crippen molar-refractivity contribution in [3.8, 4) is 0 Å². The lowest BCUT2D eigenvalue weighted by molar-refractivity contribution is 0.104. The number of rotatable bonds is 2. The molecule has 1 aliphatic heterocycles.